The molecule has 73 heavy (non-hydrogen) atoms. The van der Waals surface area contributed by atoms with E-state index in [1.807, 2.05) is 93.2 Å². The molecule has 1 saturated heterocycles. The van der Waals surface area contributed by atoms with E-state index in [1.54, 1.807) is 46.9 Å². The monoisotopic (exact) mass is 1040 g/mol. The molecular formula is C54H56ClN9O7S2. The third kappa shape index (κ3) is 10.0. The molecule has 5 atom stereocenters. The zero-order chi connectivity index (χ0) is 51.4. The van der Waals surface area contributed by atoms with Crippen LogP contribution in [0.5, 0.6) is 5.75 Å². The molecule has 0 spiro atoms. The van der Waals surface area contributed by atoms with Gasteiger partial charge in [-0.05, 0) is 93.6 Å². The topological polar surface area (TPSA) is 206 Å². The van der Waals surface area contributed by atoms with Gasteiger partial charge in [0.1, 0.15) is 46.4 Å². The number of nitrogens with zero attached hydrogens (tertiary/aromatic N) is 6. The molecule has 2 aliphatic heterocycles. The van der Waals surface area contributed by atoms with Gasteiger partial charge in [-0.3, -0.25) is 28.7 Å². The number of aliphatic hydroxyl groups is 1. The predicted molar refractivity (Wildman–Crippen MR) is 281 cm³/mol. The van der Waals surface area contributed by atoms with Crippen LogP contribution in [0.25, 0.3) is 26.4 Å². The van der Waals surface area contributed by atoms with Crippen LogP contribution in [0, 0.1) is 33.6 Å². The van der Waals surface area contributed by atoms with E-state index in [1.165, 1.54) is 4.90 Å². The lowest BCUT2D eigenvalue weighted by molar-refractivity contribution is -0.141. The van der Waals surface area contributed by atoms with E-state index in [0.29, 0.717) is 40.4 Å². The Morgan fingerprint density at radius 1 is 0.918 bits per heavy atom. The van der Waals surface area contributed by atoms with Crippen molar-refractivity contribution in [3.05, 3.63) is 134 Å². The highest BCUT2D eigenvalue weighted by molar-refractivity contribution is 7.15. The van der Waals surface area contributed by atoms with Gasteiger partial charge >= 0.3 is 0 Å². The Labute approximate surface area is 435 Å². The van der Waals surface area contributed by atoms with Crippen molar-refractivity contribution >= 4 is 74.6 Å². The summed E-state index contributed by atoms with van der Waals surface area (Å²) in [6.07, 6.45) is 0.285. The quantitative estimate of drug-likeness (QED) is 0.0815. The maximum Gasteiger partial charge on any atom is 0.287 e. The summed E-state index contributed by atoms with van der Waals surface area (Å²) in [6, 6.07) is 19.4. The van der Waals surface area contributed by atoms with Crippen molar-refractivity contribution in [1.82, 2.24) is 40.6 Å². The summed E-state index contributed by atoms with van der Waals surface area (Å²) in [5.41, 5.74) is 8.95. The van der Waals surface area contributed by atoms with Gasteiger partial charge in [-0.1, -0.05) is 61.8 Å². The van der Waals surface area contributed by atoms with E-state index in [0.717, 1.165) is 59.8 Å². The van der Waals surface area contributed by atoms with Gasteiger partial charge in [0.2, 0.25) is 17.7 Å². The maximum atomic E-state index is 14.2. The van der Waals surface area contributed by atoms with Crippen molar-refractivity contribution in [3.63, 3.8) is 0 Å². The summed E-state index contributed by atoms with van der Waals surface area (Å²) in [6.45, 7) is 13.5. The fraction of sp³-hybridized carbons (Fsp3) is 0.370. The number of benzene rings is 3. The summed E-state index contributed by atoms with van der Waals surface area (Å²) < 4.78 is 14.3. The molecule has 378 valence electrons. The number of likely N-dealkylation sites (tertiary alicyclic amines) is 1. The Hall–Kier alpha value is -6.73. The number of nitrogens with one attached hydrogen (secondary N) is 3. The van der Waals surface area contributed by atoms with Gasteiger partial charge in [-0.15, -0.1) is 32.9 Å². The van der Waals surface area contributed by atoms with Crippen molar-refractivity contribution in [2.75, 3.05) is 6.54 Å². The number of halogens is 1. The van der Waals surface area contributed by atoms with Crippen molar-refractivity contribution in [2.45, 2.75) is 117 Å². The number of furan rings is 1. The predicted octanol–water partition coefficient (Wildman–Crippen LogP) is 8.69. The van der Waals surface area contributed by atoms with Gasteiger partial charge in [0, 0.05) is 58.3 Å². The second-order valence-corrected chi connectivity index (χ2v) is 22.1. The third-order valence-corrected chi connectivity index (χ3v) is 16.5. The number of hydrogen-bond acceptors (Lipinski definition) is 13. The van der Waals surface area contributed by atoms with Gasteiger partial charge in [0.05, 0.1) is 40.4 Å². The molecule has 4 aromatic heterocycles. The molecule has 0 radical (unpaired) electrons. The molecule has 16 nitrogen and oxygen atoms in total. The molecule has 2 fully saturated rings. The van der Waals surface area contributed by atoms with Crippen LogP contribution in [0.4, 0.5) is 0 Å². The number of thiophene rings is 1. The Morgan fingerprint density at radius 3 is 2.37 bits per heavy atom. The largest absolute Gasteiger partial charge is 0.490 e. The van der Waals surface area contributed by atoms with Crippen LogP contribution in [0.2, 0.25) is 5.02 Å². The minimum absolute atomic E-state index is 0.00526. The summed E-state index contributed by atoms with van der Waals surface area (Å²) in [5, 5.41) is 30.9. The molecular weight excluding hydrogens is 986 g/mol. The Bertz CT molecular complexity index is 3280. The molecule has 4 N–H and O–H groups in total. The molecule has 1 aliphatic carbocycles. The standard InChI is InChI=1S/C54H56ClN9O7S2/c1-26(2)47(53(69)63-24-38(65)22-42(63)51(67)57-28(4)32-8-10-34(11-9-32)49-29(5)56-25-72-49)60-52(68)44-19-35-18-39(16-17-43(35)71-44)70-40-20-37(21-40)58-45(66)23-41-50-62-61-31(7)64(50)54-46(27(3)30(6)73-54)48(59-41)33-12-14-36(55)15-13-33/h8-19,25-26,28,37-38,40-42,47,65H,20-24H2,1-7H3,(H,57,67)(H,58,66)(H,60,68)/t28-,37?,38+,40?,41-,42-,47?/m0/s1. The first-order chi connectivity index (χ1) is 35.0. The number of ether oxygens (including phenoxy) is 1. The van der Waals surface area contributed by atoms with Crippen LogP contribution in [0.15, 0.2) is 87.7 Å². The van der Waals surface area contributed by atoms with Gasteiger partial charge in [0.15, 0.2) is 11.6 Å². The van der Waals surface area contributed by atoms with Gasteiger partial charge in [-0.2, -0.15) is 0 Å². The number of fused-ring (bicyclic) bond motifs is 4. The zero-order valence-corrected chi connectivity index (χ0v) is 43.8. The summed E-state index contributed by atoms with van der Waals surface area (Å²) in [5.74, 6) is -0.0453. The Kier molecular flexibility index (Phi) is 13.9. The van der Waals surface area contributed by atoms with Crippen LogP contribution in [-0.2, 0) is 14.4 Å². The number of thiazole rings is 1. The van der Waals surface area contributed by atoms with Crippen LogP contribution in [0.1, 0.15) is 114 Å². The van der Waals surface area contributed by atoms with E-state index in [9.17, 15) is 24.3 Å². The number of β-amino-alcohol motifs (C(OH)–C–C–N with tert-alkyl or cyclic N) is 1. The average Bonchev–Trinajstić information content (AvgIpc) is 4.19. The zero-order valence-electron chi connectivity index (χ0n) is 41.4. The number of hydrogen-bond donors (Lipinski definition) is 4. The molecule has 3 aliphatic rings. The second-order valence-electron chi connectivity index (χ2n) is 19.6. The van der Waals surface area contributed by atoms with E-state index >= 15 is 0 Å². The molecule has 7 aromatic rings. The maximum absolute atomic E-state index is 14.2. The lowest BCUT2D eigenvalue weighted by Crippen LogP contribution is -2.55. The smallest absolute Gasteiger partial charge is 0.287 e. The highest BCUT2D eigenvalue weighted by Crippen LogP contribution is 2.40. The second kappa shape index (κ2) is 20.3. The number of aryl methyl sites for hydroxylation is 3. The van der Waals surface area contributed by atoms with Crippen molar-refractivity contribution in [2.24, 2.45) is 10.9 Å². The number of aliphatic hydroxyl groups excluding tert-OH is 1. The summed E-state index contributed by atoms with van der Waals surface area (Å²) in [4.78, 5) is 68.6. The molecule has 0 bridgehead atoms. The first-order valence-corrected chi connectivity index (χ1v) is 26.5. The molecule has 19 heteroatoms. The third-order valence-electron chi connectivity index (χ3n) is 14.1. The van der Waals surface area contributed by atoms with Gasteiger partial charge in [-0.25, -0.2) is 4.98 Å². The van der Waals surface area contributed by atoms with Gasteiger partial charge < -0.3 is 35.1 Å². The van der Waals surface area contributed by atoms with Crippen LogP contribution < -0.4 is 20.7 Å². The first-order valence-electron chi connectivity index (χ1n) is 24.5. The normalized spacial score (nSPS) is 20.1. The van der Waals surface area contributed by atoms with E-state index < -0.39 is 36.0 Å². The average molecular weight is 1040 g/mol. The van der Waals surface area contributed by atoms with Crippen molar-refractivity contribution in [1.29, 1.82) is 0 Å². The number of aliphatic imine (C=N–C) groups is 1. The Balaban J connectivity index is 0.745. The SMILES string of the molecule is Cc1ncsc1-c1ccc([C@H](C)NC(=O)[C@@H]2C[C@@H](O)CN2C(=O)C(NC(=O)c2cc3cc(OC4CC(NC(=O)C[C@@H]5N=C(c6ccc(Cl)cc6)c6c(sc(C)c6C)-n6c(C)nnc65)C4)ccc3o2)C(C)C)cc1. The molecule has 10 rings (SSSR count). The number of amides is 4. The lowest BCUT2D eigenvalue weighted by Gasteiger charge is -2.36. The first kappa shape index (κ1) is 49.8. The number of aromatic nitrogens is 4. The molecule has 6 heterocycles. The minimum Gasteiger partial charge on any atom is -0.490 e. The summed E-state index contributed by atoms with van der Waals surface area (Å²) >= 11 is 9.50. The number of carbonyl (C=O) groups is 4. The Morgan fingerprint density at radius 2 is 1.66 bits per heavy atom. The molecule has 3 aromatic carbocycles. The van der Waals surface area contributed by atoms with Crippen LogP contribution in [-0.4, -0.2) is 96.0 Å². The fourth-order valence-electron chi connectivity index (χ4n) is 9.88. The highest BCUT2D eigenvalue weighted by atomic mass is 35.5. The molecule has 1 saturated carbocycles. The number of carbonyl (C=O) groups excluding carboxylic acids is 4. The minimum atomic E-state index is -1.01. The fourth-order valence-corrected chi connectivity index (χ4v) is 12.0. The van der Waals surface area contributed by atoms with Crippen LogP contribution >= 0.6 is 34.3 Å². The molecule has 4 amide bonds. The van der Waals surface area contributed by atoms with E-state index in [4.69, 9.17) is 25.7 Å². The van der Waals surface area contributed by atoms with E-state index in [2.05, 4.69) is 45.0 Å². The number of rotatable bonds is 14. The van der Waals surface area contributed by atoms with Crippen LogP contribution in [0.3, 0.4) is 0 Å². The molecule has 1 unspecified atom stereocenters. The van der Waals surface area contributed by atoms with Crippen molar-refractivity contribution in [3.8, 4) is 21.2 Å². The lowest BCUT2D eigenvalue weighted by atomic mass is 9.89. The van der Waals surface area contributed by atoms with Gasteiger partial charge in [0.25, 0.3) is 5.91 Å². The summed E-state index contributed by atoms with van der Waals surface area (Å²) in [7, 11) is 0. The van der Waals surface area contributed by atoms with Crippen molar-refractivity contribution < 1.29 is 33.4 Å². The highest BCUT2D eigenvalue weighted by Gasteiger charge is 2.43. The van der Waals surface area contributed by atoms with E-state index in [-0.39, 0.29) is 61.1 Å².